The van der Waals surface area contributed by atoms with Gasteiger partial charge in [-0.05, 0) is 13.0 Å². The molecule has 1 atom stereocenters. The van der Waals surface area contributed by atoms with Crippen molar-refractivity contribution in [2.75, 3.05) is 19.4 Å². The van der Waals surface area contributed by atoms with E-state index in [4.69, 9.17) is 11.6 Å². The predicted molar refractivity (Wildman–Crippen MR) is 69.8 cm³/mol. The first-order valence-electron chi connectivity index (χ1n) is 5.35. The van der Waals surface area contributed by atoms with Gasteiger partial charge in [0.1, 0.15) is 17.5 Å². The highest BCUT2D eigenvalue weighted by molar-refractivity contribution is 6.31. The van der Waals surface area contributed by atoms with Crippen molar-refractivity contribution in [1.82, 2.24) is 4.90 Å². The molecule has 0 aliphatic heterocycles. The summed E-state index contributed by atoms with van der Waals surface area (Å²) >= 11 is 5.58. The number of carbonyl (C=O) groups excluding carboxylic acids is 1. The summed E-state index contributed by atoms with van der Waals surface area (Å²) in [4.78, 5) is 23.1. The molecule has 0 radical (unpaired) electrons. The van der Waals surface area contributed by atoms with Crippen LogP contribution >= 0.6 is 11.6 Å². The lowest BCUT2D eigenvalue weighted by Gasteiger charge is -2.19. The molecule has 0 aliphatic carbocycles. The van der Waals surface area contributed by atoms with Gasteiger partial charge in [0.15, 0.2) is 0 Å². The molecule has 1 aromatic carbocycles. The van der Waals surface area contributed by atoms with E-state index in [-0.39, 0.29) is 16.6 Å². The summed E-state index contributed by atoms with van der Waals surface area (Å²) in [5.74, 6) is -1.15. The molecule has 0 heterocycles. The fraction of sp³-hybridized carbons (Fsp3) is 0.364. The molecule has 0 saturated heterocycles. The number of likely N-dealkylation sites (N-methyl/N-ethyl adjacent to an activating group) is 1. The number of nitro benzene ring substituents is 1. The number of benzene rings is 1. The number of rotatable bonds is 4. The molecule has 1 rings (SSSR count). The Bertz CT molecular complexity index is 522. The molecule has 8 heteroatoms. The van der Waals surface area contributed by atoms with Crippen molar-refractivity contribution in [3.05, 3.63) is 33.1 Å². The summed E-state index contributed by atoms with van der Waals surface area (Å²) in [6, 6.07) is 1.11. The predicted octanol–water partition coefficient (Wildman–Crippen LogP) is 2.28. The number of carbonyl (C=O) groups is 1. The Hall–Kier alpha value is -1.89. The maximum atomic E-state index is 13.2. The van der Waals surface area contributed by atoms with Crippen LogP contribution in [0.1, 0.15) is 6.92 Å². The van der Waals surface area contributed by atoms with Gasteiger partial charge in [0.2, 0.25) is 5.91 Å². The molecule has 1 aromatic rings. The Morgan fingerprint density at radius 3 is 2.58 bits per heavy atom. The lowest BCUT2D eigenvalue weighted by atomic mass is 10.2. The van der Waals surface area contributed by atoms with Gasteiger partial charge in [-0.1, -0.05) is 11.6 Å². The van der Waals surface area contributed by atoms with Crippen LogP contribution in [-0.2, 0) is 4.79 Å². The Kier molecular flexibility index (Phi) is 4.66. The molecule has 0 fully saturated rings. The van der Waals surface area contributed by atoms with Gasteiger partial charge in [0.05, 0.1) is 16.0 Å². The van der Waals surface area contributed by atoms with Crippen molar-refractivity contribution in [1.29, 1.82) is 0 Å². The van der Waals surface area contributed by atoms with E-state index in [9.17, 15) is 19.3 Å². The molecule has 0 aliphatic rings. The van der Waals surface area contributed by atoms with Gasteiger partial charge in [0, 0.05) is 14.1 Å². The Balaban J connectivity index is 3.10. The smallest absolute Gasteiger partial charge is 0.295 e. The molecule has 0 spiro atoms. The van der Waals surface area contributed by atoms with E-state index >= 15 is 0 Å². The maximum absolute atomic E-state index is 13.2. The van der Waals surface area contributed by atoms with Gasteiger partial charge in [-0.15, -0.1) is 0 Å². The number of anilines is 1. The largest absolute Gasteiger partial charge is 0.368 e. The van der Waals surface area contributed by atoms with Crippen LogP contribution in [0.2, 0.25) is 5.02 Å². The van der Waals surface area contributed by atoms with Gasteiger partial charge in [0.25, 0.3) is 5.69 Å². The third-order valence-corrected chi connectivity index (χ3v) is 2.71. The van der Waals surface area contributed by atoms with Crippen LogP contribution in [0.3, 0.4) is 0 Å². The lowest BCUT2D eigenvalue weighted by Crippen LogP contribution is -2.36. The zero-order chi connectivity index (χ0) is 14.7. The van der Waals surface area contributed by atoms with E-state index < -0.39 is 22.5 Å². The van der Waals surface area contributed by atoms with Gasteiger partial charge >= 0.3 is 0 Å². The first-order chi connectivity index (χ1) is 8.73. The lowest BCUT2D eigenvalue weighted by molar-refractivity contribution is -0.384. The zero-order valence-electron chi connectivity index (χ0n) is 10.6. The Morgan fingerprint density at radius 2 is 2.11 bits per heavy atom. The molecule has 1 amide bonds. The van der Waals surface area contributed by atoms with Crippen LogP contribution in [0.5, 0.6) is 0 Å². The average molecular weight is 290 g/mol. The van der Waals surface area contributed by atoms with E-state index in [1.165, 1.54) is 4.90 Å². The van der Waals surface area contributed by atoms with Crippen LogP contribution in [-0.4, -0.2) is 35.9 Å². The summed E-state index contributed by atoms with van der Waals surface area (Å²) in [6.45, 7) is 1.54. The first-order valence-corrected chi connectivity index (χ1v) is 5.73. The topological polar surface area (TPSA) is 75.5 Å². The van der Waals surface area contributed by atoms with E-state index in [2.05, 4.69) is 5.32 Å². The number of nitrogens with zero attached hydrogens (tertiary/aromatic N) is 2. The maximum Gasteiger partial charge on any atom is 0.295 e. The van der Waals surface area contributed by atoms with Gasteiger partial charge < -0.3 is 10.2 Å². The molecule has 1 N–H and O–H groups in total. The molecule has 104 valence electrons. The van der Waals surface area contributed by atoms with Crippen molar-refractivity contribution in [3.8, 4) is 0 Å². The summed E-state index contributed by atoms with van der Waals surface area (Å²) in [6.07, 6.45) is 0. The van der Waals surface area contributed by atoms with Crippen LogP contribution < -0.4 is 5.32 Å². The summed E-state index contributed by atoms with van der Waals surface area (Å²) in [5, 5.41) is 13.2. The van der Waals surface area contributed by atoms with Crippen molar-refractivity contribution in [2.24, 2.45) is 0 Å². The minimum absolute atomic E-state index is 0.000833. The second-order valence-corrected chi connectivity index (χ2v) is 4.55. The van der Waals surface area contributed by atoms with Gasteiger partial charge in [-0.2, -0.15) is 0 Å². The minimum atomic E-state index is -0.884. The van der Waals surface area contributed by atoms with Crippen molar-refractivity contribution < 1.29 is 14.1 Å². The minimum Gasteiger partial charge on any atom is -0.368 e. The molecule has 0 bridgehead atoms. The third-order valence-electron chi connectivity index (χ3n) is 2.42. The number of halogens is 2. The number of hydrogen-bond acceptors (Lipinski definition) is 4. The normalized spacial score (nSPS) is 11.8. The quantitative estimate of drug-likeness (QED) is 0.681. The third kappa shape index (κ3) is 3.54. The van der Waals surface area contributed by atoms with E-state index in [1.807, 2.05) is 0 Å². The van der Waals surface area contributed by atoms with E-state index in [0.717, 1.165) is 12.1 Å². The monoisotopic (exact) mass is 289 g/mol. The second-order valence-electron chi connectivity index (χ2n) is 4.14. The van der Waals surface area contributed by atoms with E-state index in [1.54, 1.807) is 21.0 Å². The molecular formula is C11H13ClFN3O3. The molecule has 6 nitrogen and oxygen atoms in total. The highest BCUT2D eigenvalue weighted by Crippen LogP contribution is 2.30. The van der Waals surface area contributed by atoms with Crippen molar-refractivity contribution >= 4 is 28.9 Å². The number of amides is 1. The van der Waals surface area contributed by atoms with Crippen molar-refractivity contribution in [3.63, 3.8) is 0 Å². The highest BCUT2D eigenvalue weighted by atomic mass is 35.5. The molecule has 0 aromatic heterocycles. The van der Waals surface area contributed by atoms with Crippen LogP contribution in [0.15, 0.2) is 12.1 Å². The molecule has 1 unspecified atom stereocenters. The number of nitro groups is 1. The Morgan fingerprint density at radius 1 is 1.53 bits per heavy atom. The second kappa shape index (κ2) is 5.83. The standard InChI is InChI=1S/C11H13ClFN3O3/c1-6(11(17)15(2)3)14-9-4-7(12)8(13)5-10(9)16(18)19/h4-6,14H,1-3H3. The van der Waals surface area contributed by atoms with Gasteiger partial charge in [-0.25, -0.2) is 4.39 Å². The fourth-order valence-electron chi connectivity index (χ4n) is 1.49. The fourth-order valence-corrected chi connectivity index (χ4v) is 1.65. The highest BCUT2D eigenvalue weighted by Gasteiger charge is 2.22. The first kappa shape index (κ1) is 15.2. The van der Waals surface area contributed by atoms with Crippen LogP contribution in [0.4, 0.5) is 15.8 Å². The zero-order valence-corrected chi connectivity index (χ0v) is 11.4. The van der Waals surface area contributed by atoms with Crippen LogP contribution in [0.25, 0.3) is 0 Å². The van der Waals surface area contributed by atoms with Crippen LogP contribution in [0, 0.1) is 15.9 Å². The van der Waals surface area contributed by atoms with Gasteiger partial charge in [-0.3, -0.25) is 14.9 Å². The average Bonchev–Trinajstić information content (AvgIpc) is 2.31. The molecular weight excluding hydrogens is 277 g/mol. The van der Waals surface area contributed by atoms with Crippen molar-refractivity contribution in [2.45, 2.75) is 13.0 Å². The van der Waals surface area contributed by atoms with E-state index in [0.29, 0.717) is 0 Å². The number of hydrogen-bond donors (Lipinski definition) is 1. The molecule has 0 saturated carbocycles. The molecule has 19 heavy (non-hydrogen) atoms. The number of nitrogens with one attached hydrogen (secondary N) is 1. The summed E-state index contributed by atoms with van der Waals surface area (Å²) in [7, 11) is 3.12. The SMILES string of the molecule is CC(Nc1cc(Cl)c(F)cc1[N+](=O)[O-])C(=O)N(C)C. The summed E-state index contributed by atoms with van der Waals surface area (Å²) in [5.41, 5.74) is -0.473. The Labute approximate surface area is 114 Å². The summed E-state index contributed by atoms with van der Waals surface area (Å²) < 4.78 is 13.2.